The fraction of sp³-hybridized carbons (Fsp3) is 0.357. The van der Waals surface area contributed by atoms with Crippen LogP contribution in [0, 0.1) is 0 Å². The number of hydrogen-bond acceptors (Lipinski definition) is 4. The van der Waals surface area contributed by atoms with E-state index in [4.69, 9.17) is 9.47 Å². The van der Waals surface area contributed by atoms with Crippen LogP contribution in [0.1, 0.15) is 12.0 Å². The van der Waals surface area contributed by atoms with Gasteiger partial charge in [-0.05, 0) is 30.7 Å². The Morgan fingerprint density at radius 1 is 1.30 bits per heavy atom. The number of aromatic nitrogens is 2. The van der Waals surface area contributed by atoms with Gasteiger partial charge in [-0.2, -0.15) is 0 Å². The summed E-state index contributed by atoms with van der Waals surface area (Å²) in [4.78, 5) is 4.02. The molecule has 6 heteroatoms. The molecule has 1 N–H and O–H groups in total. The first-order chi connectivity index (χ1) is 9.83. The molecule has 0 unspecified atom stereocenters. The summed E-state index contributed by atoms with van der Waals surface area (Å²) >= 11 is 3.56. The number of fused-ring (bicyclic) bond motifs is 1. The number of ether oxygens (including phenoxy) is 2. The molecule has 0 saturated heterocycles. The molecule has 0 saturated carbocycles. The maximum atomic E-state index is 5.39. The van der Waals surface area contributed by atoms with Crippen LogP contribution in [-0.4, -0.2) is 22.9 Å². The summed E-state index contributed by atoms with van der Waals surface area (Å²) in [6.07, 6.45) is 6.69. The molecule has 0 fully saturated rings. The van der Waals surface area contributed by atoms with Crippen molar-refractivity contribution in [1.29, 1.82) is 0 Å². The van der Waals surface area contributed by atoms with E-state index in [9.17, 15) is 0 Å². The Balaban J connectivity index is 1.46. The van der Waals surface area contributed by atoms with E-state index in [0.717, 1.165) is 42.0 Å². The molecule has 3 rings (SSSR count). The zero-order chi connectivity index (χ0) is 13.8. The number of imidazole rings is 1. The highest BCUT2D eigenvalue weighted by molar-refractivity contribution is 9.10. The van der Waals surface area contributed by atoms with Gasteiger partial charge in [-0.25, -0.2) is 4.98 Å². The quantitative estimate of drug-likeness (QED) is 0.823. The van der Waals surface area contributed by atoms with E-state index >= 15 is 0 Å². The Morgan fingerprint density at radius 3 is 2.95 bits per heavy atom. The molecule has 0 aliphatic carbocycles. The minimum absolute atomic E-state index is 0.309. The third-order valence-electron chi connectivity index (χ3n) is 3.19. The number of halogens is 1. The van der Waals surface area contributed by atoms with Gasteiger partial charge in [0.25, 0.3) is 0 Å². The lowest BCUT2D eigenvalue weighted by molar-refractivity contribution is 0.174. The number of aryl methyl sites for hydroxylation is 1. The molecule has 5 nitrogen and oxygen atoms in total. The first kappa shape index (κ1) is 13.5. The van der Waals surface area contributed by atoms with Crippen molar-refractivity contribution < 1.29 is 9.47 Å². The molecule has 2 heterocycles. The topological polar surface area (TPSA) is 48.3 Å². The third kappa shape index (κ3) is 3.13. The third-order valence-corrected chi connectivity index (χ3v) is 3.92. The summed E-state index contributed by atoms with van der Waals surface area (Å²) in [5, 5.41) is 3.44. The molecular formula is C14H16BrN3O2. The van der Waals surface area contributed by atoms with E-state index in [1.165, 1.54) is 5.56 Å². The van der Waals surface area contributed by atoms with Gasteiger partial charge >= 0.3 is 0 Å². The van der Waals surface area contributed by atoms with Crippen LogP contribution in [0.4, 0.5) is 0 Å². The van der Waals surface area contributed by atoms with Crippen molar-refractivity contribution in [3.05, 3.63) is 40.9 Å². The highest BCUT2D eigenvalue weighted by atomic mass is 79.9. The largest absolute Gasteiger partial charge is 0.454 e. The van der Waals surface area contributed by atoms with Crippen molar-refractivity contribution in [3.8, 4) is 11.5 Å². The van der Waals surface area contributed by atoms with E-state index in [2.05, 4.69) is 30.8 Å². The van der Waals surface area contributed by atoms with Gasteiger partial charge in [0, 0.05) is 30.0 Å². The molecule has 0 spiro atoms. The van der Waals surface area contributed by atoms with Crippen LogP contribution in [0.15, 0.2) is 35.3 Å². The van der Waals surface area contributed by atoms with E-state index in [0.29, 0.717) is 6.79 Å². The second-order valence-electron chi connectivity index (χ2n) is 4.63. The average molecular weight is 338 g/mol. The van der Waals surface area contributed by atoms with Gasteiger partial charge in [-0.15, -0.1) is 0 Å². The first-order valence-corrected chi connectivity index (χ1v) is 7.37. The minimum atomic E-state index is 0.309. The lowest BCUT2D eigenvalue weighted by atomic mass is 10.2. The normalized spacial score (nSPS) is 12.8. The first-order valence-electron chi connectivity index (χ1n) is 6.57. The summed E-state index contributed by atoms with van der Waals surface area (Å²) < 4.78 is 13.9. The predicted molar refractivity (Wildman–Crippen MR) is 78.8 cm³/mol. The zero-order valence-corrected chi connectivity index (χ0v) is 12.6. The maximum Gasteiger partial charge on any atom is 0.231 e. The van der Waals surface area contributed by atoms with Crippen molar-refractivity contribution in [2.75, 3.05) is 13.3 Å². The Labute approximate surface area is 126 Å². The van der Waals surface area contributed by atoms with Crippen molar-refractivity contribution in [2.24, 2.45) is 0 Å². The number of nitrogens with zero attached hydrogens (tertiary/aromatic N) is 2. The van der Waals surface area contributed by atoms with Crippen molar-refractivity contribution in [2.45, 2.75) is 19.5 Å². The zero-order valence-electron chi connectivity index (χ0n) is 11.0. The number of nitrogens with one attached hydrogen (secondary N) is 1. The Bertz CT molecular complexity index is 572. The van der Waals surface area contributed by atoms with Gasteiger partial charge in [-0.3, -0.25) is 0 Å². The highest BCUT2D eigenvalue weighted by Crippen LogP contribution is 2.36. The van der Waals surface area contributed by atoms with Crippen molar-refractivity contribution in [3.63, 3.8) is 0 Å². The van der Waals surface area contributed by atoms with Crippen molar-refractivity contribution >= 4 is 15.9 Å². The smallest absolute Gasteiger partial charge is 0.231 e. The number of benzene rings is 1. The SMILES string of the molecule is Brc1cc2c(cc1CNCCCn1ccnc1)OCO2. The fourth-order valence-electron chi connectivity index (χ4n) is 2.12. The Hall–Kier alpha value is -1.53. The van der Waals surface area contributed by atoms with E-state index in [1.54, 1.807) is 6.20 Å². The lowest BCUT2D eigenvalue weighted by Gasteiger charge is -2.08. The maximum absolute atomic E-state index is 5.39. The highest BCUT2D eigenvalue weighted by Gasteiger charge is 2.15. The molecular weight excluding hydrogens is 322 g/mol. The van der Waals surface area contributed by atoms with E-state index in [-0.39, 0.29) is 0 Å². The van der Waals surface area contributed by atoms with Gasteiger partial charge in [0.1, 0.15) is 0 Å². The van der Waals surface area contributed by atoms with Crippen LogP contribution in [0.2, 0.25) is 0 Å². The van der Waals surface area contributed by atoms with Crippen LogP contribution < -0.4 is 14.8 Å². The molecule has 0 amide bonds. The molecule has 2 aromatic rings. The van der Waals surface area contributed by atoms with Gasteiger partial charge in [0.05, 0.1) is 6.33 Å². The average Bonchev–Trinajstić information content (AvgIpc) is 3.09. The second-order valence-corrected chi connectivity index (χ2v) is 5.48. The fourth-order valence-corrected chi connectivity index (χ4v) is 2.59. The molecule has 1 aromatic heterocycles. The molecule has 1 aliphatic rings. The monoisotopic (exact) mass is 337 g/mol. The summed E-state index contributed by atoms with van der Waals surface area (Å²) in [6, 6.07) is 3.99. The van der Waals surface area contributed by atoms with Crippen LogP contribution in [0.5, 0.6) is 11.5 Å². The molecule has 20 heavy (non-hydrogen) atoms. The summed E-state index contributed by atoms with van der Waals surface area (Å²) in [6.45, 7) is 3.05. The molecule has 0 atom stereocenters. The predicted octanol–water partition coefficient (Wildman–Crippen LogP) is 2.55. The summed E-state index contributed by atoms with van der Waals surface area (Å²) in [5.74, 6) is 1.63. The summed E-state index contributed by atoms with van der Waals surface area (Å²) in [5.41, 5.74) is 1.18. The Morgan fingerprint density at radius 2 is 2.15 bits per heavy atom. The number of rotatable bonds is 6. The molecule has 0 radical (unpaired) electrons. The van der Waals surface area contributed by atoms with E-state index in [1.807, 2.05) is 24.7 Å². The lowest BCUT2D eigenvalue weighted by Crippen LogP contribution is -2.16. The Kier molecular flexibility index (Phi) is 4.22. The van der Waals surface area contributed by atoms with Gasteiger partial charge < -0.3 is 19.4 Å². The molecule has 0 bridgehead atoms. The van der Waals surface area contributed by atoms with Crippen LogP contribution in [0.3, 0.4) is 0 Å². The van der Waals surface area contributed by atoms with Crippen molar-refractivity contribution in [1.82, 2.24) is 14.9 Å². The van der Waals surface area contributed by atoms with Crippen LogP contribution >= 0.6 is 15.9 Å². The van der Waals surface area contributed by atoms with Gasteiger partial charge in [-0.1, -0.05) is 15.9 Å². The minimum Gasteiger partial charge on any atom is -0.454 e. The number of hydrogen-bond donors (Lipinski definition) is 1. The van der Waals surface area contributed by atoms with Gasteiger partial charge in [0.15, 0.2) is 11.5 Å². The van der Waals surface area contributed by atoms with Crippen LogP contribution in [0.25, 0.3) is 0 Å². The standard InChI is InChI=1S/C14H16BrN3O2/c15-12-7-14-13(19-10-20-14)6-11(12)8-16-2-1-4-18-5-3-17-9-18/h3,5-7,9,16H,1-2,4,8,10H2. The van der Waals surface area contributed by atoms with Gasteiger partial charge in [0.2, 0.25) is 6.79 Å². The second kappa shape index (κ2) is 6.28. The summed E-state index contributed by atoms with van der Waals surface area (Å²) in [7, 11) is 0. The van der Waals surface area contributed by atoms with Crippen LogP contribution in [-0.2, 0) is 13.1 Å². The molecule has 1 aromatic carbocycles. The molecule has 1 aliphatic heterocycles. The van der Waals surface area contributed by atoms with E-state index < -0.39 is 0 Å². The molecule has 106 valence electrons.